The molecule has 0 fully saturated rings. The van der Waals surface area contributed by atoms with Crippen LogP contribution in [0.3, 0.4) is 0 Å². The van der Waals surface area contributed by atoms with Gasteiger partial charge in [0.1, 0.15) is 0 Å². The number of rotatable bonds is 2. The predicted octanol–water partition coefficient (Wildman–Crippen LogP) is 2.85. The van der Waals surface area contributed by atoms with E-state index in [0.29, 0.717) is 0 Å². The molecule has 0 heterocycles. The quantitative estimate of drug-likeness (QED) is 0.742. The summed E-state index contributed by atoms with van der Waals surface area (Å²) < 4.78 is 61.4. The van der Waals surface area contributed by atoms with Crippen LogP contribution in [0.1, 0.15) is 0 Å². The Morgan fingerprint density at radius 2 is 1.53 bits per heavy atom. The van der Waals surface area contributed by atoms with Crippen LogP contribution in [0.25, 0.3) is 0 Å². The Kier molecular flexibility index (Phi) is 3.40. The first-order chi connectivity index (χ1) is 7.68. The van der Waals surface area contributed by atoms with Crippen molar-refractivity contribution < 1.29 is 26.7 Å². The molecule has 17 heavy (non-hydrogen) atoms. The van der Waals surface area contributed by atoms with Crippen LogP contribution < -0.4 is 4.90 Å². The number of carbonyl (C=O) groups is 1. The highest BCUT2D eigenvalue weighted by Gasteiger charge is 2.64. The number of nitrogens with zero attached hydrogens (tertiary/aromatic N) is 1. The van der Waals surface area contributed by atoms with Gasteiger partial charge in [-0.05, 0) is 12.1 Å². The summed E-state index contributed by atoms with van der Waals surface area (Å²) in [5, 5.41) is 0. The van der Waals surface area contributed by atoms with Gasteiger partial charge in [-0.2, -0.15) is 22.0 Å². The van der Waals surface area contributed by atoms with Crippen LogP contribution in [-0.4, -0.2) is 25.1 Å². The Bertz CT molecular complexity index is 401. The number of para-hydroxylation sites is 1. The molecule has 0 saturated heterocycles. The molecule has 1 aromatic carbocycles. The molecular weight excluding hydrogens is 245 g/mol. The molecule has 7 heteroatoms. The first-order valence-corrected chi connectivity index (χ1v) is 4.45. The van der Waals surface area contributed by atoms with Crippen LogP contribution in [0.5, 0.6) is 0 Å². The summed E-state index contributed by atoms with van der Waals surface area (Å²) >= 11 is 0. The van der Waals surface area contributed by atoms with Crippen LogP contribution in [0.4, 0.5) is 27.6 Å². The molecule has 1 aromatic rings. The average Bonchev–Trinajstić information content (AvgIpc) is 2.26. The van der Waals surface area contributed by atoms with E-state index in [4.69, 9.17) is 0 Å². The van der Waals surface area contributed by atoms with Crippen molar-refractivity contribution in [2.45, 2.75) is 12.1 Å². The fraction of sp³-hybridized carbons (Fsp3) is 0.300. The molecule has 0 spiro atoms. The number of anilines is 1. The molecule has 0 saturated carbocycles. The Hall–Kier alpha value is -1.66. The van der Waals surface area contributed by atoms with Gasteiger partial charge in [-0.1, -0.05) is 18.2 Å². The summed E-state index contributed by atoms with van der Waals surface area (Å²) in [7, 11) is 0.858. The lowest BCUT2D eigenvalue weighted by Crippen LogP contribution is -2.51. The van der Waals surface area contributed by atoms with Crippen molar-refractivity contribution in [3.05, 3.63) is 30.3 Å². The van der Waals surface area contributed by atoms with E-state index in [1.54, 1.807) is 6.07 Å². The Morgan fingerprint density at radius 1 is 1.06 bits per heavy atom. The van der Waals surface area contributed by atoms with E-state index >= 15 is 0 Å². The van der Waals surface area contributed by atoms with Gasteiger partial charge in [0.2, 0.25) is 0 Å². The van der Waals surface area contributed by atoms with Crippen molar-refractivity contribution in [3.63, 3.8) is 0 Å². The molecule has 2 nitrogen and oxygen atoms in total. The van der Waals surface area contributed by atoms with E-state index < -0.39 is 18.0 Å². The largest absolute Gasteiger partial charge is 0.463 e. The number of alkyl halides is 5. The maximum atomic E-state index is 12.7. The Morgan fingerprint density at radius 3 is 1.94 bits per heavy atom. The second kappa shape index (κ2) is 4.31. The minimum Gasteiger partial charge on any atom is -0.310 e. The zero-order valence-corrected chi connectivity index (χ0v) is 8.63. The first-order valence-electron chi connectivity index (χ1n) is 4.45. The van der Waals surface area contributed by atoms with E-state index in [1.165, 1.54) is 24.3 Å². The summed E-state index contributed by atoms with van der Waals surface area (Å²) in [6.07, 6.45) is -5.90. The average molecular weight is 253 g/mol. The summed E-state index contributed by atoms with van der Waals surface area (Å²) in [4.78, 5) is 11.3. The van der Waals surface area contributed by atoms with Gasteiger partial charge in [0.05, 0.1) is 0 Å². The number of amides is 1. The van der Waals surface area contributed by atoms with Crippen molar-refractivity contribution in [3.8, 4) is 0 Å². The molecule has 0 aliphatic rings. The van der Waals surface area contributed by atoms with Crippen LogP contribution in [0, 0.1) is 0 Å². The molecule has 1 amide bonds. The molecule has 0 atom stereocenters. The van der Waals surface area contributed by atoms with Gasteiger partial charge in [-0.3, -0.25) is 4.79 Å². The summed E-state index contributed by atoms with van der Waals surface area (Å²) in [6.45, 7) is 0. The minimum absolute atomic E-state index is 0.0403. The standard InChI is InChI=1S/C10H8F5NO/c1-16(7-5-3-2-4-6-7)8(17)9(11,12)10(13,14)15/h2-6H,1H3. The molecule has 0 unspecified atom stereocenters. The molecular formula is C10H8F5NO. The number of carbonyl (C=O) groups excluding carboxylic acids is 1. The number of benzene rings is 1. The number of halogens is 5. The van der Waals surface area contributed by atoms with Crippen LogP contribution in [-0.2, 0) is 4.79 Å². The van der Waals surface area contributed by atoms with E-state index in [-0.39, 0.29) is 10.6 Å². The first kappa shape index (κ1) is 13.4. The Labute approximate surface area is 93.6 Å². The van der Waals surface area contributed by atoms with E-state index in [1.807, 2.05) is 0 Å². The second-order valence-electron chi connectivity index (χ2n) is 3.27. The SMILES string of the molecule is CN(C(=O)C(F)(F)C(F)(F)F)c1ccccc1. The number of hydrogen-bond acceptors (Lipinski definition) is 1. The van der Waals surface area contributed by atoms with Crippen molar-refractivity contribution in [1.82, 2.24) is 0 Å². The molecule has 1 rings (SSSR count). The van der Waals surface area contributed by atoms with E-state index in [0.717, 1.165) is 7.05 Å². The zero-order valence-electron chi connectivity index (χ0n) is 8.63. The van der Waals surface area contributed by atoms with Crippen molar-refractivity contribution >= 4 is 11.6 Å². The molecule has 0 aliphatic carbocycles. The smallest absolute Gasteiger partial charge is 0.310 e. The Balaban J connectivity index is 2.99. The van der Waals surface area contributed by atoms with Gasteiger partial charge in [0, 0.05) is 12.7 Å². The van der Waals surface area contributed by atoms with Crippen molar-refractivity contribution in [2.24, 2.45) is 0 Å². The van der Waals surface area contributed by atoms with E-state index in [9.17, 15) is 26.7 Å². The lowest BCUT2D eigenvalue weighted by Gasteiger charge is -2.24. The summed E-state index contributed by atoms with van der Waals surface area (Å²) in [5.41, 5.74) is -0.0403. The summed E-state index contributed by atoms with van der Waals surface area (Å²) in [6, 6.07) is 6.90. The van der Waals surface area contributed by atoms with Gasteiger partial charge >= 0.3 is 18.0 Å². The van der Waals surface area contributed by atoms with E-state index in [2.05, 4.69) is 0 Å². The van der Waals surface area contributed by atoms with Gasteiger partial charge in [0.25, 0.3) is 0 Å². The molecule has 0 N–H and O–H groups in total. The van der Waals surface area contributed by atoms with Crippen LogP contribution in [0.15, 0.2) is 30.3 Å². The highest BCUT2D eigenvalue weighted by molar-refractivity contribution is 5.98. The highest BCUT2D eigenvalue weighted by Crippen LogP contribution is 2.37. The fourth-order valence-corrected chi connectivity index (χ4v) is 1.10. The van der Waals surface area contributed by atoms with Crippen molar-refractivity contribution in [1.29, 1.82) is 0 Å². The number of hydrogen-bond donors (Lipinski definition) is 0. The second-order valence-corrected chi connectivity index (χ2v) is 3.27. The monoisotopic (exact) mass is 253 g/mol. The molecule has 0 aromatic heterocycles. The normalized spacial score (nSPS) is 12.4. The topological polar surface area (TPSA) is 20.3 Å². The van der Waals surface area contributed by atoms with Crippen molar-refractivity contribution in [2.75, 3.05) is 11.9 Å². The predicted molar refractivity (Wildman–Crippen MR) is 50.9 cm³/mol. The van der Waals surface area contributed by atoms with Gasteiger partial charge in [-0.25, -0.2) is 0 Å². The van der Waals surface area contributed by atoms with Gasteiger partial charge in [0.15, 0.2) is 0 Å². The maximum Gasteiger partial charge on any atom is 0.463 e. The molecule has 0 bridgehead atoms. The molecule has 94 valence electrons. The third-order valence-corrected chi connectivity index (χ3v) is 2.07. The lowest BCUT2D eigenvalue weighted by atomic mass is 10.2. The third kappa shape index (κ3) is 2.54. The maximum absolute atomic E-state index is 12.7. The molecule has 0 radical (unpaired) electrons. The highest BCUT2D eigenvalue weighted by atomic mass is 19.4. The summed E-state index contributed by atoms with van der Waals surface area (Å²) in [5.74, 6) is -7.70. The van der Waals surface area contributed by atoms with Gasteiger partial charge in [-0.15, -0.1) is 0 Å². The third-order valence-electron chi connectivity index (χ3n) is 2.07. The van der Waals surface area contributed by atoms with Crippen LogP contribution >= 0.6 is 0 Å². The lowest BCUT2D eigenvalue weighted by molar-refractivity contribution is -0.268. The zero-order chi connectivity index (χ0) is 13.3. The van der Waals surface area contributed by atoms with Gasteiger partial charge < -0.3 is 4.90 Å². The molecule has 0 aliphatic heterocycles. The minimum atomic E-state index is -5.90. The van der Waals surface area contributed by atoms with Crippen LogP contribution in [0.2, 0.25) is 0 Å². The fourth-order valence-electron chi connectivity index (χ4n) is 1.10.